The second-order valence-electron chi connectivity index (χ2n) is 5.16. The number of aliphatic hydroxyl groups is 1. The number of para-hydroxylation sites is 1. The molecule has 0 radical (unpaired) electrons. The molecular formula is C15H21Cl2NO3. The largest absolute Gasteiger partial charge is 0.488 e. The van der Waals surface area contributed by atoms with Gasteiger partial charge in [-0.1, -0.05) is 29.3 Å². The van der Waals surface area contributed by atoms with Gasteiger partial charge in [-0.2, -0.15) is 0 Å². The fraction of sp³-hybridized carbons (Fsp3) is 0.600. The second-order valence-corrected chi connectivity index (χ2v) is 5.98. The van der Waals surface area contributed by atoms with Crippen molar-refractivity contribution in [2.75, 3.05) is 26.3 Å². The molecule has 2 unspecified atom stereocenters. The smallest absolute Gasteiger partial charge is 0.156 e. The van der Waals surface area contributed by atoms with Gasteiger partial charge in [0.1, 0.15) is 12.7 Å². The van der Waals surface area contributed by atoms with E-state index in [0.29, 0.717) is 22.3 Å². The SMILES string of the molecule is OC(CNCC1CCCCO1)COc1c(Cl)cccc1Cl. The van der Waals surface area contributed by atoms with Crippen molar-refractivity contribution >= 4 is 23.2 Å². The predicted octanol–water partition coefficient (Wildman–Crippen LogP) is 2.89. The molecule has 0 aromatic heterocycles. The van der Waals surface area contributed by atoms with E-state index in [1.54, 1.807) is 18.2 Å². The van der Waals surface area contributed by atoms with Crippen LogP contribution < -0.4 is 10.1 Å². The Morgan fingerprint density at radius 3 is 2.76 bits per heavy atom. The fourth-order valence-corrected chi connectivity index (χ4v) is 2.74. The molecule has 1 aromatic rings. The predicted molar refractivity (Wildman–Crippen MR) is 84.4 cm³/mol. The van der Waals surface area contributed by atoms with E-state index in [4.69, 9.17) is 32.7 Å². The minimum atomic E-state index is -0.624. The molecule has 0 spiro atoms. The van der Waals surface area contributed by atoms with E-state index in [1.807, 2.05) is 0 Å². The first-order valence-corrected chi connectivity index (χ1v) is 7.99. The van der Waals surface area contributed by atoms with Gasteiger partial charge in [0, 0.05) is 19.7 Å². The van der Waals surface area contributed by atoms with Crippen molar-refractivity contribution in [2.45, 2.75) is 31.5 Å². The van der Waals surface area contributed by atoms with Gasteiger partial charge < -0.3 is 19.9 Å². The van der Waals surface area contributed by atoms with Crippen LogP contribution in [0.2, 0.25) is 10.0 Å². The lowest BCUT2D eigenvalue weighted by molar-refractivity contribution is 0.0141. The minimum absolute atomic E-state index is 0.141. The third kappa shape index (κ3) is 5.64. The maximum absolute atomic E-state index is 9.91. The minimum Gasteiger partial charge on any atom is -0.488 e. The number of aliphatic hydroxyl groups excluding tert-OH is 1. The van der Waals surface area contributed by atoms with Crippen molar-refractivity contribution in [1.29, 1.82) is 0 Å². The Balaban J connectivity index is 1.66. The van der Waals surface area contributed by atoms with Gasteiger partial charge in [-0.25, -0.2) is 0 Å². The molecule has 1 saturated heterocycles. The van der Waals surface area contributed by atoms with Gasteiger partial charge >= 0.3 is 0 Å². The van der Waals surface area contributed by atoms with Crippen LogP contribution in [-0.2, 0) is 4.74 Å². The molecule has 0 amide bonds. The Morgan fingerprint density at radius 2 is 2.10 bits per heavy atom. The summed E-state index contributed by atoms with van der Waals surface area (Å²) in [4.78, 5) is 0. The molecular weight excluding hydrogens is 313 g/mol. The topological polar surface area (TPSA) is 50.7 Å². The van der Waals surface area contributed by atoms with Gasteiger partial charge in [-0.3, -0.25) is 0 Å². The summed E-state index contributed by atoms with van der Waals surface area (Å²) in [5.74, 6) is 0.412. The standard InChI is InChI=1S/C15H21Cl2NO3/c16-13-5-3-6-14(17)15(13)21-10-11(19)8-18-9-12-4-1-2-7-20-12/h3,5-6,11-12,18-19H,1-2,4,7-10H2. The van der Waals surface area contributed by atoms with Crippen LogP contribution in [0.3, 0.4) is 0 Å². The summed E-state index contributed by atoms with van der Waals surface area (Å²) in [7, 11) is 0. The van der Waals surface area contributed by atoms with Crippen LogP contribution in [0.15, 0.2) is 18.2 Å². The lowest BCUT2D eigenvalue weighted by Gasteiger charge is -2.23. The first kappa shape index (κ1) is 16.8. The average molecular weight is 334 g/mol. The van der Waals surface area contributed by atoms with E-state index in [1.165, 1.54) is 6.42 Å². The zero-order valence-corrected chi connectivity index (χ0v) is 13.4. The molecule has 1 aliphatic rings. The van der Waals surface area contributed by atoms with Crippen molar-refractivity contribution in [2.24, 2.45) is 0 Å². The van der Waals surface area contributed by atoms with Crippen molar-refractivity contribution < 1.29 is 14.6 Å². The highest BCUT2D eigenvalue weighted by Crippen LogP contribution is 2.32. The molecule has 0 bridgehead atoms. The first-order chi connectivity index (χ1) is 10.2. The molecule has 2 atom stereocenters. The normalized spacial score (nSPS) is 20.2. The van der Waals surface area contributed by atoms with Crippen molar-refractivity contribution in [3.8, 4) is 5.75 Å². The van der Waals surface area contributed by atoms with Crippen LogP contribution in [0.25, 0.3) is 0 Å². The number of rotatable bonds is 7. The Morgan fingerprint density at radius 1 is 1.33 bits per heavy atom. The molecule has 118 valence electrons. The molecule has 21 heavy (non-hydrogen) atoms. The molecule has 1 heterocycles. The molecule has 0 aliphatic carbocycles. The summed E-state index contributed by atoms with van der Waals surface area (Å²) in [6.45, 7) is 2.18. The highest BCUT2D eigenvalue weighted by molar-refractivity contribution is 6.37. The maximum Gasteiger partial charge on any atom is 0.156 e. The molecule has 1 aromatic carbocycles. The van der Waals surface area contributed by atoms with Gasteiger partial charge in [0.25, 0.3) is 0 Å². The van der Waals surface area contributed by atoms with E-state index >= 15 is 0 Å². The summed E-state index contributed by atoms with van der Waals surface area (Å²) < 4.78 is 11.1. The van der Waals surface area contributed by atoms with Crippen LogP contribution >= 0.6 is 23.2 Å². The molecule has 4 nitrogen and oxygen atoms in total. The lowest BCUT2D eigenvalue weighted by atomic mass is 10.1. The van der Waals surface area contributed by atoms with E-state index < -0.39 is 6.10 Å². The number of halogens is 2. The van der Waals surface area contributed by atoms with Crippen molar-refractivity contribution in [1.82, 2.24) is 5.32 Å². The van der Waals surface area contributed by atoms with Gasteiger partial charge in [0.15, 0.2) is 5.75 Å². The molecule has 2 N–H and O–H groups in total. The second kappa shape index (κ2) is 8.81. The van der Waals surface area contributed by atoms with Gasteiger partial charge in [-0.15, -0.1) is 0 Å². The van der Waals surface area contributed by atoms with Crippen LogP contribution in [-0.4, -0.2) is 43.6 Å². The van der Waals surface area contributed by atoms with Crippen molar-refractivity contribution in [3.05, 3.63) is 28.2 Å². The number of ether oxygens (including phenoxy) is 2. The zero-order chi connectivity index (χ0) is 15.1. The monoisotopic (exact) mass is 333 g/mol. The first-order valence-electron chi connectivity index (χ1n) is 7.24. The van der Waals surface area contributed by atoms with Gasteiger partial charge in [0.05, 0.1) is 16.1 Å². The molecule has 1 aliphatic heterocycles. The quantitative estimate of drug-likeness (QED) is 0.805. The fourth-order valence-electron chi connectivity index (χ4n) is 2.24. The van der Waals surface area contributed by atoms with Crippen LogP contribution in [0, 0.1) is 0 Å². The van der Waals surface area contributed by atoms with Gasteiger partial charge in [0.2, 0.25) is 0 Å². The van der Waals surface area contributed by atoms with Crippen LogP contribution in [0.1, 0.15) is 19.3 Å². The highest BCUT2D eigenvalue weighted by atomic mass is 35.5. The molecule has 1 fully saturated rings. The van der Waals surface area contributed by atoms with E-state index in [-0.39, 0.29) is 12.7 Å². The van der Waals surface area contributed by atoms with Crippen LogP contribution in [0.5, 0.6) is 5.75 Å². The number of nitrogens with one attached hydrogen (secondary N) is 1. The van der Waals surface area contributed by atoms with Gasteiger partial charge in [-0.05, 0) is 31.4 Å². The van der Waals surface area contributed by atoms with E-state index in [2.05, 4.69) is 5.32 Å². The summed E-state index contributed by atoms with van der Waals surface area (Å²) in [5.41, 5.74) is 0. The maximum atomic E-state index is 9.91. The van der Waals surface area contributed by atoms with Crippen molar-refractivity contribution in [3.63, 3.8) is 0 Å². The summed E-state index contributed by atoms with van der Waals surface area (Å²) in [6, 6.07) is 5.15. The molecule has 6 heteroatoms. The Kier molecular flexibility index (Phi) is 7.07. The Hall–Kier alpha value is -0.520. The number of hydrogen-bond donors (Lipinski definition) is 2. The van der Waals surface area contributed by atoms with E-state index in [9.17, 15) is 5.11 Å². The summed E-state index contributed by atoms with van der Waals surface area (Å²) >= 11 is 12.0. The summed E-state index contributed by atoms with van der Waals surface area (Å²) in [6.07, 6.45) is 3.06. The molecule has 0 saturated carbocycles. The molecule has 2 rings (SSSR count). The Bertz CT molecular complexity index is 419. The van der Waals surface area contributed by atoms with Crippen LogP contribution in [0.4, 0.5) is 0 Å². The number of benzene rings is 1. The number of hydrogen-bond acceptors (Lipinski definition) is 4. The summed E-state index contributed by atoms with van der Waals surface area (Å²) in [5, 5.41) is 14.0. The lowest BCUT2D eigenvalue weighted by Crippen LogP contribution is -2.37. The average Bonchev–Trinajstić information content (AvgIpc) is 2.48. The third-order valence-corrected chi connectivity index (χ3v) is 3.96. The third-order valence-electron chi connectivity index (χ3n) is 3.36. The van der Waals surface area contributed by atoms with E-state index in [0.717, 1.165) is 26.0 Å². The Labute approximate surface area is 135 Å². The highest BCUT2D eigenvalue weighted by Gasteiger charge is 2.14. The zero-order valence-electron chi connectivity index (χ0n) is 11.9.